The van der Waals surface area contributed by atoms with Gasteiger partial charge >= 0.3 is 5.69 Å². The predicted molar refractivity (Wildman–Crippen MR) is 104 cm³/mol. The first-order valence-electron chi connectivity index (χ1n) is 8.11. The van der Waals surface area contributed by atoms with Gasteiger partial charge in [-0.05, 0) is 45.6 Å². The smallest absolute Gasteiger partial charge is 0.306 e. The minimum Gasteiger partial charge on any atom is -0.306 e. The molecule has 0 atom stereocenters. The second kappa shape index (κ2) is 6.53. The predicted octanol–water partition coefficient (Wildman–Crippen LogP) is 3.10. The van der Waals surface area contributed by atoms with Crippen molar-refractivity contribution in [3.63, 3.8) is 0 Å². The van der Waals surface area contributed by atoms with Gasteiger partial charge in [-0.2, -0.15) is 4.31 Å². The molecule has 2 heterocycles. The molecule has 2 aromatic carbocycles. The molecule has 0 unspecified atom stereocenters. The highest BCUT2D eigenvalue weighted by molar-refractivity contribution is 9.10. The van der Waals surface area contributed by atoms with Crippen molar-refractivity contribution in [1.82, 2.24) is 14.3 Å². The number of sulfonamides is 1. The molecule has 134 valence electrons. The third kappa shape index (κ3) is 3.04. The molecule has 2 N–H and O–H groups in total. The molecule has 8 heteroatoms. The highest BCUT2D eigenvalue weighted by Gasteiger charge is 2.28. The van der Waals surface area contributed by atoms with Crippen molar-refractivity contribution < 1.29 is 8.42 Å². The number of aromatic amines is 2. The molecule has 0 fully saturated rings. The van der Waals surface area contributed by atoms with Crippen LogP contribution in [0.1, 0.15) is 12.0 Å². The quantitative estimate of drug-likeness (QED) is 0.665. The molecule has 0 spiro atoms. The van der Waals surface area contributed by atoms with Gasteiger partial charge in [-0.3, -0.25) is 0 Å². The molecule has 0 saturated heterocycles. The Morgan fingerprint density at radius 1 is 1.04 bits per heavy atom. The van der Waals surface area contributed by atoms with Crippen LogP contribution in [0.25, 0.3) is 16.6 Å². The first-order valence-corrected chi connectivity index (χ1v) is 10.3. The summed E-state index contributed by atoms with van der Waals surface area (Å²) in [5, 5.41) is 0. The number of benzene rings is 2. The van der Waals surface area contributed by atoms with Crippen molar-refractivity contribution in [3.05, 3.63) is 69.1 Å². The van der Waals surface area contributed by atoms with E-state index in [9.17, 15) is 13.2 Å². The first kappa shape index (κ1) is 17.3. The summed E-state index contributed by atoms with van der Waals surface area (Å²) >= 11 is 3.32. The van der Waals surface area contributed by atoms with E-state index in [0.29, 0.717) is 35.0 Å². The Hall–Kier alpha value is -2.16. The first-order chi connectivity index (χ1) is 12.4. The highest BCUT2D eigenvalue weighted by atomic mass is 79.9. The molecular formula is C18H16BrN3O3S. The number of hydrogen-bond donors (Lipinski definition) is 2. The zero-order chi connectivity index (χ0) is 18.3. The Balaban J connectivity index is 1.67. The maximum absolute atomic E-state index is 13.1. The lowest BCUT2D eigenvalue weighted by molar-refractivity contribution is 0.441. The lowest BCUT2D eigenvalue weighted by Crippen LogP contribution is -2.34. The molecule has 6 nitrogen and oxygen atoms in total. The molecule has 1 aliphatic heterocycles. The maximum atomic E-state index is 13.1. The van der Waals surface area contributed by atoms with Crippen LogP contribution >= 0.6 is 15.9 Å². The van der Waals surface area contributed by atoms with Gasteiger partial charge in [-0.25, -0.2) is 13.2 Å². The molecule has 0 amide bonds. The van der Waals surface area contributed by atoms with E-state index in [1.807, 2.05) is 36.4 Å². The Bertz CT molecular complexity index is 1160. The van der Waals surface area contributed by atoms with Crippen LogP contribution < -0.4 is 5.69 Å². The highest BCUT2D eigenvalue weighted by Crippen LogP contribution is 2.31. The fourth-order valence-electron chi connectivity index (χ4n) is 3.16. The number of imidazole rings is 1. The van der Waals surface area contributed by atoms with Crippen LogP contribution in [0.15, 0.2) is 62.7 Å². The third-order valence-electron chi connectivity index (χ3n) is 4.50. The normalized spacial score (nSPS) is 16.0. The van der Waals surface area contributed by atoms with Crippen LogP contribution in [0.4, 0.5) is 0 Å². The third-order valence-corrected chi connectivity index (χ3v) is 7.33. The molecule has 1 aromatic heterocycles. The van der Waals surface area contributed by atoms with Gasteiger partial charge in [-0.15, -0.1) is 0 Å². The zero-order valence-electron chi connectivity index (χ0n) is 13.7. The van der Waals surface area contributed by atoms with Gasteiger partial charge in [0.25, 0.3) is 0 Å². The second-order valence-corrected chi connectivity index (χ2v) is 8.88. The standard InChI is InChI=1S/C18H16BrN3O3S/c19-14-10-15-16(21-18(23)20-15)11-17(14)26(24,25)22-8-6-13(7-9-22)12-4-2-1-3-5-12/h1-6,10-11H,7-9H2,(H2,20,21,23). The van der Waals surface area contributed by atoms with E-state index in [2.05, 4.69) is 25.9 Å². The SMILES string of the molecule is O=c1[nH]c2cc(Br)c(S(=O)(=O)N3CC=C(c4ccccc4)CC3)cc2[nH]1. The lowest BCUT2D eigenvalue weighted by atomic mass is 10.0. The largest absolute Gasteiger partial charge is 0.323 e. The fraction of sp³-hybridized carbons (Fsp3) is 0.167. The Kier molecular flexibility index (Phi) is 4.34. The van der Waals surface area contributed by atoms with E-state index in [4.69, 9.17) is 0 Å². The van der Waals surface area contributed by atoms with Crippen molar-refractivity contribution in [3.8, 4) is 0 Å². The average molecular weight is 434 g/mol. The lowest BCUT2D eigenvalue weighted by Gasteiger charge is -2.26. The van der Waals surface area contributed by atoms with Crippen LogP contribution in [0.2, 0.25) is 0 Å². The summed E-state index contributed by atoms with van der Waals surface area (Å²) in [5.41, 5.74) is 2.94. The average Bonchev–Trinajstić information content (AvgIpc) is 3.00. The summed E-state index contributed by atoms with van der Waals surface area (Å²) in [6.07, 6.45) is 2.62. The van der Waals surface area contributed by atoms with Gasteiger partial charge in [0.15, 0.2) is 0 Å². The van der Waals surface area contributed by atoms with Crippen molar-refractivity contribution in [2.75, 3.05) is 13.1 Å². The van der Waals surface area contributed by atoms with Crippen LogP contribution in [-0.4, -0.2) is 35.8 Å². The molecule has 3 aromatic rings. The van der Waals surface area contributed by atoms with Crippen LogP contribution in [0.5, 0.6) is 0 Å². The molecule has 0 radical (unpaired) electrons. The van der Waals surface area contributed by atoms with E-state index in [-0.39, 0.29) is 10.6 Å². The van der Waals surface area contributed by atoms with Crippen LogP contribution in [-0.2, 0) is 10.0 Å². The van der Waals surface area contributed by atoms with Gasteiger partial charge in [0.2, 0.25) is 10.0 Å². The molecule has 0 saturated carbocycles. The number of rotatable bonds is 3. The molecule has 4 rings (SSSR count). The molecular weight excluding hydrogens is 418 g/mol. The van der Waals surface area contributed by atoms with Crippen LogP contribution in [0, 0.1) is 0 Å². The van der Waals surface area contributed by atoms with E-state index >= 15 is 0 Å². The van der Waals surface area contributed by atoms with Gasteiger partial charge in [-0.1, -0.05) is 36.4 Å². The Morgan fingerprint density at radius 3 is 2.38 bits per heavy atom. The Morgan fingerprint density at radius 2 is 1.73 bits per heavy atom. The second-order valence-electron chi connectivity index (χ2n) is 6.12. The number of nitrogens with zero attached hydrogens (tertiary/aromatic N) is 1. The van der Waals surface area contributed by atoms with E-state index in [0.717, 1.165) is 11.1 Å². The van der Waals surface area contributed by atoms with Gasteiger partial charge in [0.05, 0.1) is 15.9 Å². The number of aromatic nitrogens is 2. The number of nitrogens with one attached hydrogen (secondary N) is 2. The number of fused-ring (bicyclic) bond motifs is 1. The summed E-state index contributed by atoms with van der Waals surface area (Å²) < 4.78 is 28.0. The molecule has 0 aliphatic carbocycles. The minimum absolute atomic E-state index is 0.150. The fourth-order valence-corrected chi connectivity index (χ4v) is 5.57. The Labute approximate surface area is 158 Å². The van der Waals surface area contributed by atoms with E-state index in [1.165, 1.54) is 10.4 Å². The van der Waals surface area contributed by atoms with E-state index in [1.54, 1.807) is 6.07 Å². The van der Waals surface area contributed by atoms with Crippen LogP contribution in [0.3, 0.4) is 0 Å². The van der Waals surface area contributed by atoms with Gasteiger partial charge in [0.1, 0.15) is 0 Å². The summed E-state index contributed by atoms with van der Waals surface area (Å²) in [6.45, 7) is 0.734. The number of halogens is 1. The minimum atomic E-state index is -3.67. The van der Waals surface area contributed by atoms with Gasteiger partial charge < -0.3 is 9.97 Å². The van der Waals surface area contributed by atoms with Crippen molar-refractivity contribution in [2.45, 2.75) is 11.3 Å². The van der Waals surface area contributed by atoms with Gasteiger partial charge in [0, 0.05) is 17.6 Å². The van der Waals surface area contributed by atoms with Crippen molar-refractivity contribution in [2.24, 2.45) is 0 Å². The molecule has 1 aliphatic rings. The summed E-state index contributed by atoms with van der Waals surface area (Å²) in [4.78, 5) is 16.8. The summed E-state index contributed by atoms with van der Waals surface area (Å²) in [6, 6.07) is 13.1. The summed E-state index contributed by atoms with van der Waals surface area (Å²) in [7, 11) is -3.67. The maximum Gasteiger partial charge on any atom is 0.323 e. The zero-order valence-corrected chi connectivity index (χ0v) is 16.1. The van der Waals surface area contributed by atoms with Crippen molar-refractivity contribution >= 4 is 42.6 Å². The number of hydrogen-bond acceptors (Lipinski definition) is 3. The molecule has 0 bridgehead atoms. The topological polar surface area (TPSA) is 86.0 Å². The number of H-pyrrole nitrogens is 2. The van der Waals surface area contributed by atoms with Crippen molar-refractivity contribution in [1.29, 1.82) is 0 Å². The van der Waals surface area contributed by atoms with E-state index < -0.39 is 10.0 Å². The monoisotopic (exact) mass is 433 g/mol. The summed E-state index contributed by atoms with van der Waals surface area (Å²) in [5.74, 6) is 0. The molecule has 26 heavy (non-hydrogen) atoms.